The number of aliphatic hydroxyl groups is 1. The molecule has 1 aliphatic rings. The molecule has 0 bridgehead atoms. The molecule has 5 nitrogen and oxygen atoms in total. The predicted molar refractivity (Wildman–Crippen MR) is 84.3 cm³/mol. The molecule has 0 saturated carbocycles. The molecule has 0 unspecified atom stereocenters. The average Bonchev–Trinajstić information content (AvgIpc) is 2.89. The molecule has 1 amide bonds. The average molecular weight is 299 g/mol. The second-order valence-electron chi connectivity index (χ2n) is 6.21. The third kappa shape index (κ3) is 2.52. The van der Waals surface area contributed by atoms with Crippen LogP contribution in [-0.4, -0.2) is 44.9 Å². The maximum absolute atomic E-state index is 12.6. The predicted octanol–water partition coefficient (Wildman–Crippen LogP) is 2.12. The molecule has 1 N–H and O–H groups in total. The molecule has 1 aromatic heterocycles. The molecule has 116 valence electrons. The van der Waals surface area contributed by atoms with Gasteiger partial charge in [-0.15, -0.1) is 0 Å². The summed E-state index contributed by atoms with van der Waals surface area (Å²) in [5.74, 6) is 0.126. The van der Waals surface area contributed by atoms with E-state index in [9.17, 15) is 9.90 Å². The maximum atomic E-state index is 12.6. The minimum atomic E-state index is -0.390. The van der Waals surface area contributed by atoms with Crippen LogP contribution in [0.3, 0.4) is 0 Å². The van der Waals surface area contributed by atoms with Crippen molar-refractivity contribution < 1.29 is 9.90 Å². The highest BCUT2D eigenvalue weighted by Crippen LogP contribution is 2.25. The van der Waals surface area contributed by atoms with Gasteiger partial charge in [-0.3, -0.25) is 4.79 Å². The van der Waals surface area contributed by atoms with Gasteiger partial charge in [-0.25, -0.2) is 4.68 Å². The quantitative estimate of drug-likeness (QED) is 0.944. The van der Waals surface area contributed by atoms with E-state index in [4.69, 9.17) is 0 Å². The number of carbonyl (C=O) groups excluding carboxylic acids is 1. The molecule has 0 aliphatic carbocycles. The van der Waals surface area contributed by atoms with Crippen LogP contribution in [0.2, 0.25) is 0 Å². The van der Waals surface area contributed by atoms with Gasteiger partial charge in [0, 0.05) is 13.1 Å². The lowest BCUT2D eigenvalue weighted by molar-refractivity contribution is 0.00579. The van der Waals surface area contributed by atoms with Crippen molar-refractivity contribution in [3.8, 4) is 5.69 Å². The minimum Gasteiger partial charge on any atom is -0.389 e. The number of nitrogens with zero attached hydrogens (tertiary/aromatic N) is 3. The number of hydrogen-bond acceptors (Lipinski definition) is 3. The first-order chi connectivity index (χ1) is 10.5. The van der Waals surface area contributed by atoms with Crippen LogP contribution >= 0.6 is 0 Å². The van der Waals surface area contributed by atoms with Gasteiger partial charge < -0.3 is 10.0 Å². The van der Waals surface area contributed by atoms with Crippen molar-refractivity contribution in [3.63, 3.8) is 0 Å². The van der Waals surface area contributed by atoms with E-state index in [1.165, 1.54) is 5.56 Å². The number of benzene rings is 1. The van der Waals surface area contributed by atoms with Gasteiger partial charge in [0.05, 0.1) is 29.2 Å². The molecular weight excluding hydrogens is 278 g/mol. The molecule has 1 fully saturated rings. The van der Waals surface area contributed by atoms with Crippen LogP contribution < -0.4 is 0 Å². The third-order valence-corrected chi connectivity index (χ3v) is 4.01. The fourth-order valence-electron chi connectivity index (χ4n) is 2.76. The van der Waals surface area contributed by atoms with E-state index in [-0.39, 0.29) is 11.8 Å². The summed E-state index contributed by atoms with van der Waals surface area (Å²) in [6.45, 7) is 6.98. The Morgan fingerprint density at radius 1 is 1.27 bits per heavy atom. The van der Waals surface area contributed by atoms with Gasteiger partial charge >= 0.3 is 0 Å². The standard InChI is InChI=1S/C17H21N3O2/c1-11(2)16-15(17(22)19-9-14(21)10-19)8-18-20(16)13-6-4-12(3)5-7-13/h4-8,11,14,21H,9-10H2,1-3H3. The summed E-state index contributed by atoms with van der Waals surface area (Å²) in [5, 5.41) is 13.8. The second-order valence-corrected chi connectivity index (χ2v) is 6.21. The maximum Gasteiger partial charge on any atom is 0.257 e. The highest BCUT2D eigenvalue weighted by molar-refractivity contribution is 5.96. The van der Waals surface area contributed by atoms with Crippen LogP contribution in [0.25, 0.3) is 5.69 Å². The zero-order valence-electron chi connectivity index (χ0n) is 13.2. The Hall–Kier alpha value is -2.14. The van der Waals surface area contributed by atoms with E-state index in [1.54, 1.807) is 11.1 Å². The Morgan fingerprint density at radius 3 is 2.45 bits per heavy atom. The van der Waals surface area contributed by atoms with Gasteiger partial charge in [-0.05, 0) is 25.0 Å². The van der Waals surface area contributed by atoms with E-state index in [0.717, 1.165) is 11.4 Å². The lowest BCUT2D eigenvalue weighted by Gasteiger charge is -2.35. The van der Waals surface area contributed by atoms with Gasteiger partial charge in [0.2, 0.25) is 0 Å². The van der Waals surface area contributed by atoms with Gasteiger partial charge in [-0.1, -0.05) is 31.5 Å². The number of β-amino-alcohol motifs (C(OH)–C–C–N with tert-alkyl or cyclic N) is 1. The summed E-state index contributed by atoms with van der Waals surface area (Å²) in [6.07, 6.45) is 1.25. The van der Waals surface area contributed by atoms with Crippen molar-refractivity contribution in [2.75, 3.05) is 13.1 Å². The fourth-order valence-corrected chi connectivity index (χ4v) is 2.76. The summed E-state index contributed by atoms with van der Waals surface area (Å²) >= 11 is 0. The van der Waals surface area contributed by atoms with Crippen LogP contribution in [0.15, 0.2) is 30.5 Å². The summed E-state index contributed by atoms with van der Waals surface area (Å²) in [7, 11) is 0. The van der Waals surface area contributed by atoms with Gasteiger partial charge in [0.1, 0.15) is 0 Å². The van der Waals surface area contributed by atoms with Crippen LogP contribution in [0.4, 0.5) is 0 Å². The van der Waals surface area contributed by atoms with Crippen molar-refractivity contribution in [3.05, 3.63) is 47.3 Å². The first-order valence-corrected chi connectivity index (χ1v) is 7.59. The smallest absolute Gasteiger partial charge is 0.257 e. The van der Waals surface area contributed by atoms with Crippen LogP contribution in [0.1, 0.15) is 41.4 Å². The zero-order valence-corrected chi connectivity index (χ0v) is 13.2. The molecule has 2 heterocycles. The molecule has 2 aromatic rings. The van der Waals surface area contributed by atoms with E-state index < -0.39 is 6.10 Å². The SMILES string of the molecule is Cc1ccc(-n2ncc(C(=O)N3CC(O)C3)c2C(C)C)cc1. The molecule has 0 atom stereocenters. The number of aryl methyl sites for hydroxylation is 1. The van der Waals surface area contributed by atoms with Gasteiger partial charge in [0.15, 0.2) is 0 Å². The van der Waals surface area contributed by atoms with Gasteiger partial charge in [-0.2, -0.15) is 5.10 Å². The molecule has 3 rings (SSSR count). The Labute approximate surface area is 130 Å². The Morgan fingerprint density at radius 2 is 1.91 bits per heavy atom. The summed E-state index contributed by atoms with van der Waals surface area (Å²) in [6, 6.07) is 8.09. The fraction of sp³-hybridized carbons (Fsp3) is 0.412. The summed E-state index contributed by atoms with van der Waals surface area (Å²) in [4.78, 5) is 14.2. The van der Waals surface area contributed by atoms with Crippen molar-refractivity contribution in [2.45, 2.75) is 32.8 Å². The zero-order chi connectivity index (χ0) is 15.9. The highest BCUT2D eigenvalue weighted by atomic mass is 16.3. The number of aliphatic hydroxyl groups excluding tert-OH is 1. The first-order valence-electron chi connectivity index (χ1n) is 7.59. The van der Waals surface area contributed by atoms with Crippen molar-refractivity contribution in [2.24, 2.45) is 0 Å². The lowest BCUT2D eigenvalue weighted by atomic mass is 10.0. The van der Waals surface area contributed by atoms with Crippen LogP contribution in [0, 0.1) is 6.92 Å². The molecule has 22 heavy (non-hydrogen) atoms. The van der Waals surface area contributed by atoms with Gasteiger partial charge in [0.25, 0.3) is 5.91 Å². The van der Waals surface area contributed by atoms with E-state index in [0.29, 0.717) is 18.7 Å². The van der Waals surface area contributed by atoms with E-state index in [1.807, 2.05) is 35.9 Å². The van der Waals surface area contributed by atoms with E-state index >= 15 is 0 Å². The second kappa shape index (κ2) is 5.57. The van der Waals surface area contributed by atoms with E-state index in [2.05, 4.69) is 18.9 Å². The number of carbonyl (C=O) groups is 1. The largest absolute Gasteiger partial charge is 0.389 e. The first kappa shape index (κ1) is 14.8. The summed E-state index contributed by atoms with van der Waals surface area (Å²) in [5.41, 5.74) is 3.68. The monoisotopic (exact) mass is 299 g/mol. The lowest BCUT2D eigenvalue weighted by Crippen LogP contribution is -2.53. The van der Waals surface area contributed by atoms with Crippen molar-refractivity contribution >= 4 is 5.91 Å². The molecule has 1 aromatic carbocycles. The molecule has 1 aliphatic heterocycles. The molecule has 1 saturated heterocycles. The molecule has 0 radical (unpaired) electrons. The minimum absolute atomic E-state index is 0.0487. The Bertz CT molecular complexity index is 682. The Balaban J connectivity index is 1.98. The molecule has 5 heteroatoms. The number of likely N-dealkylation sites (tertiary alicyclic amines) is 1. The Kier molecular flexibility index (Phi) is 3.74. The van der Waals surface area contributed by atoms with Crippen molar-refractivity contribution in [1.82, 2.24) is 14.7 Å². The molecule has 0 spiro atoms. The topological polar surface area (TPSA) is 58.4 Å². The number of amides is 1. The highest BCUT2D eigenvalue weighted by Gasteiger charge is 2.32. The number of rotatable bonds is 3. The normalized spacial score (nSPS) is 15.2. The van der Waals surface area contributed by atoms with Crippen LogP contribution in [0.5, 0.6) is 0 Å². The third-order valence-electron chi connectivity index (χ3n) is 4.01. The van der Waals surface area contributed by atoms with Crippen molar-refractivity contribution in [1.29, 1.82) is 0 Å². The molecular formula is C17H21N3O2. The summed E-state index contributed by atoms with van der Waals surface area (Å²) < 4.78 is 1.84. The van der Waals surface area contributed by atoms with Crippen LogP contribution in [-0.2, 0) is 0 Å². The number of hydrogen-bond donors (Lipinski definition) is 1. The number of aromatic nitrogens is 2.